The molecule has 1 saturated heterocycles. The van der Waals surface area contributed by atoms with Crippen LogP contribution in [-0.4, -0.2) is 29.9 Å². The minimum Gasteiger partial charge on any atom is -0.402 e. The lowest BCUT2D eigenvalue weighted by Gasteiger charge is -2.29. The number of cyclic esters (lactones) is 1. The van der Waals surface area contributed by atoms with Crippen LogP contribution in [0.5, 0.6) is 0 Å². The normalized spacial score (nSPS) is 18.0. The highest BCUT2D eigenvalue weighted by Crippen LogP contribution is 2.30. The van der Waals surface area contributed by atoms with E-state index in [1.165, 1.54) is 6.42 Å². The molecule has 2 aliphatic heterocycles. The molecule has 3 heterocycles. The van der Waals surface area contributed by atoms with Crippen molar-refractivity contribution in [3.63, 3.8) is 0 Å². The Morgan fingerprint density at radius 2 is 1.80 bits per heavy atom. The summed E-state index contributed by atoms with van der Waals surface area (Å²) in [7, 11) is 0. The Labute approximate surface area is 175 Å². The number of rotatable bonds is 3. The lowest BCUT2D eigenvalue weighted by molar-refractivity contribution is -0.129. The number of aryl methyl sites for hydroxylation is 1. The molecule has 0 bridgehead atoms. The summed E-state index contributed by atoms with van der Waals surface area (Å²) in [5.41, 5.74) is 4.15. The molecule has 0 unspecified atom stereocenters. The number of anilines is 1. The third-order valence-electron chi connectivity index (χ3n) is 5.64. The quantitative estimate of drug-likeness (QED) is 0.467. The van der Waals surface area contributed by atoms with E-state index < -0.39 is 5.97 Å². The van der Waals surface area contributed by atoms with Gasteiger partial charge in [-0.15, -0.1) is 0 Å². The molecule has 0 radical (unpaired) electrons. The van der Waals surface area contributed by atoms with Crippen LogP contribution in [0.15, 0.2) is 65.3 Å². The first-order valence-corrected chi connectivity index (χ1v) is 10.4. The molecule has 5 heteroatoms. The Hall–Kier alpha value is -3.47. The van der Waals surface area contributed by atoms with Crippen LogP contribution in [0.2, 0.25) is 0 Å². The molecule has 0 amide bonds. The molecule has 2 aromatic carbocycles. The van der Waals surface area contributed by atoms with Crippen LogP contribution in [0, 0.1) is 6.92 Å². The summed E-state index contributed by atoms with van der Waals surface area (Å²) in [6.07, 6.45) is 5.37. The number of carbonyl (C=O) groups is 1. The summed E-state index contributed by atoms with van der Waals surface area (Å²) in [6, 6.07) is 17.8. The van der Waals surface area contributed by atoms with Crippen molar-refractivity contribution in [2.24, 2.45) is 4.99 Å². The first kappa shape index (κ1) is 18.6. The largest absolute Gasteiger partial charge is 0.402 e. The molecule has 1 aromatic heterocycles. The van der Waals surface area contributed by atoms with Gasteiger partial charge in [0.1, 0.15) is 5.82 Å². The van der Waals surface area contributed by atoms with Crippen LogP contribution < -0.4 is 4.90 Å². The van der Waals surface area contributed by atoms with E-state index in [1.807, 2.05) is 42.5 Å². The Morgan fingerprint density at radius 1 is 1.00 bits per heavy atom. The second-order valence-electron chi connectivity index (χ2n) is 7.80. The van der Waals surface area contributed by atoms with E-state index in [9.17, 15) is 4.79 Å². The minimum absolute atomic E-state index is 0.306. The minimum atomic E-state index is -0.428. The second-order valence-corrected chi connectivity index (χ2v) is 7.80. The van der Waals surface area contributed by atoms with Crippen LogP contribution in [0.25, 0.3) is 17.0 Å². The molecule has 2 aliphatic rings. The molecule has 30 heavy (non-hydrogen) atoms. The van der Waals surface area contributed by atoms with Gasteiger partial charge >= 0.3 is 5.97 Å². The second kappa shape index (κ2) is 7.75. The number of esters is 1. The topological polar surface area (TPSA) is 54.8 Å². The van der Waals surface area contributed by atoms with E-state index in [-0.39, 0.29) is 0 Å². The van der Waals surface area contributed by atoms with Crippen molar-refractivity contribution in [3.8, 4) is 0 Å². The number of aliphatic imine (C=N–C) groups is 1. The Balaban J connectivity index is 1.62. The van der Waals surface area contributed by atoms with Gasteiger partial charge in [-0.25, -0.2) is 14.8 Å². The van der Waals surface area contributed by atoms with Crippen LogP contribution in [-0.2, 0) is 9.53 Å². The SMILES string of the molecule is Cc1cccc2cc(C=C3N=C(c4ccccc4)OC3=O)c(N3CCCCC3)nc12. The van der Waals surface area contributed by atoms with Crippen molar-refractivity contribution in [1.29, 1.82) is 0 Å². The molecule has 3 aromatic rings. The zero-order valence-electron chi connectivity index (χ0n) is 17.0. The summed E-state index contributed by atoms with van der Waals surface area (Å²) in [4.78, 5) is 24.4. The predicted molar refractivity (Wildman–Crippen MR) is 120 cm³/mol. The number of fused-ring (bicyclic) bond motifs is 1. The van der Waals surface area contributed by atoms with E-state index in [4.69, 9.17) is 9.72 Å². The predicted octanol–water partition coefficient (Wildman–Crippen LogP) is 4.88. The maximum Gasteiger partial charge on any atom is 0.363 e. The maximum absolute atomic E-state index is 12.5. The van der Waals surface area contributed by atoms with Crippen molar-refractivity contribution in [2.45, 2.75) is 26.2 Å². The summed E-state index contributed by atoms with van der Waals surface area (Å²) >= 11 is 0. The van der Waals surface area contributed by atoms with E-state index >= 15 is 0 Å². The van der Waals surface area contributed by atoms with Crippen LogP contribution >= 0.6 is 0 Å². The third kappa shape index (κ3) is 3.47. The maximum atomic E-state index is 12.5. The van der Waals surface area contributed by atoms with Crippen molar-refractivity contribution >= 4 is 34.7 Å². The number of hydrogen-bond acceptors (Lipinski definition) is 5. The van der Waals surface area contributed by atoms with Crippen LogP contribution in [0.4, 0.5) is 5.82 Å². The third-order valence-corrected chi connectivity index (χ3v) is 5.64. The standard InChI is InChI=1S/C25H23N3O2/c1-17-9-8-12-19-15-20(23(27-22(17)19)28-13-6-3-7-14-28)16-21-25(29)30-24(26-21)18-10-4-2-5-11-18/h2,4-5,8-12,15-16H,3,6-7,13-14H2,1H3. The average Bonchev–Trinajstić information content (AvgIpc) is 3.15. The molecule has 150 valence electrons. The fraction of sp³-hybridized carbons (Fsp3) is 0.240. The van der Waals surface area contributed by atoms with Gasteiger partial charge in [0.2, 0.25) is 5.90 Å². The molecule has 0 aliphatic carbocycles. The number of para-hydroxylation sites is 1. The number of ether oxygens (including phenoxy) is 1. The van der Waals surface area contributed by atoms with Gasteiger partial charge in [0.25, 0.3) is 0 Å². The number of pyridine rings is 1. The Morgan fingerprint density at radius 3 is 2.60 bits per heavy atom. The fourth-order valence-electron chi connectivity index (χ4n) is 4.08. The van der Waals surface area contributed by atoms with Gasteiger partial charge in [-0.1, -0.05) is 36.4 Å². The van der Waals surface area contributed by atoms with Crippen LogP contribution in [0.1, 0.15) is 36.0 Å². The molecule has 1 fully saturated rings. The first-order chi connectivity index (χ1) is 14.7. The highest BCUT2D eigenvalue weighted by Gasteiger charge is 2.25. The number of aromatic nitrogens is 1. The van der Waals surface area contributed by atoms with Crippen molar-refractivity contribution in [2.75, 3.05) is 18.0 Å². The Bertz CT molecular complexity index is 1180. The van der Waals surface area contributed by atoms with Gasteiger partial charge < -0.3 is 9.64 Å². The van der Waals surface area contributed by atoms with Crippen molar-refractivity contribution in [1.82, 2.24) is 4.98 Å². The summed E-state index contributed by atoms with van der Waals surface area (Å²) in [5.74, 6) is 0.832. The van der Waals surface area contributed by atoms with Gasteiger partial charge in [-0.3, -0.25) is 0 Å². The van der Waals surface area contributed by atoms with Gasteiger partial charge in [-0.05, 0) is 56.0 Å². The lowest BCUT2D eigenvalue weighted by Crippen LogP contribution is -2.30. The van der Waals surface area contributed by atoms with E-state index in [0.29, 0.717) is 11.6 Å². The lowest BCUT2D eigenvalue weighted by atomic mass is 10.1. The van der Waals surface area contributed by atoms with E-state index in [0.717, 1.165) is 59.3 Å². The fourth-order valence-corrected chi connectivity index (χ4v) is 4.08. The molecule has 0 spiro atoms. The van der Waals surface area contributed by atoms with Gasteiger partial charge in [0.15, 0.2) is 5.70 Å². The zero-order valence-corrected chi connectivity index (χ0v) is 17.0. The van der Waals surface area contributed by atoms with Gasteiger partial charge in [0, 0.05) is 29.6 Å². The summed E-state index contributed by atoms with van der Waals surface area (Å²) in [5, 5.41) is 1.06. The van der Waals surface area contributed by atoms with E-state index in [2.05, 4.69) is 35.0 Å². The first-order valence-electron chi connectivity index (χ1n) is 10.4. The number of hydrogen-bond donors (Lipinski definition) is 0. The highest BCUT2D eigenvalue weighted by atomic mass is 16.6. The number of carbonyl (C=O) groups excluding carboxylic acids is 1. The van der Waals surface area contributed by atoms with Crippen LogP contribution in [0.3, 0.4) is 0 Å². The number of piperidine rings is 1. The smallest absolute Gasteiger partial charge is 0.363 e. The van der Waals surface area contributed by atoms with Gasteiger partial charge in [-0.2, -0.15) is 0 Å². The molecule has 5 rings (SSSR count). The zero-order chi connectivity index (χ0) is 20.5. The molecule has 0 saturated carbocycles. The van der Waals surface area contributed by atoms with Crippen molar-refractivity contribution < 1.29 is 9.53 Å². The molecule has 0 N–H and O–H groups in total. The molecule has 5 nitrogen and oxygen atoms in total. The summed E-state index contributed by atoms with van der Waals surface area (Å²) < 4.78 is 5.43. The number of nitrogens with zero attached hydrogens (tertiary/aromatic N) is 3. The van der Waals surface area contributed by atoms with Crippen molar-refractivity contribution in [3.05, 3.63) is 77.0 Å². The molecular weight excluding hydrogens is 374 g/mol. The molecular formula is C25H23N3O2. The Kier molecular flexibility index (Phi) is 4.79. The molecule has 0 atom stereocenters. The van der Waals surface area contributed by atoms with E-state index in [1.54, 1.807) is 0 Å². The van der Waals surface area contributed by atoms with Gasteiger partial charge in [0.05, 0.1) is 5.52 Å². The monoisotopic (exact) mass is 397 g/mol. The summed E-state index contributed by atoms with van der Waals surface area (Å²) in [6.45, 7) is 4.03. The number of benzene rings is 2. The highest BCUT2D eigenvalue weighted by molar-refractivity contribution is 6.13. The average molecular weight is 397 g/mol.